The van der Waals surface area contributed by atoms with E-state index in [2.05, 4.69) is 20.7 Å². The van der Waals surface area contributed by atoms with Crippen molar-refractivity contribution in [1.29, 1.82) is 0 Å². The van der Waals surface area contributed by atoms with Gasteiger partial charge in [0.25, 0.3) is 0 Å². The zero-order valence-electron chi connectivity index (χ0n) is 18.5. The summed E-state index contributed by atoms with van der Waals surface area (Å²) >= 11 is 0. The van der Waals surface area contributed by atoms with Crippen LogP contribution in [-0.4, -0.2) is 55.4 Å². The number of benzene rings is 2. The Kier molecular flexibility index (Phi) is 6.33. The van der Waals surface area contributed by atoms with Crippen LogP contribution >= 0.6 is 0 Å². The van der Waals surface area contributed by atoms with Crippen molar-refractivity contribution >= 4 is 27.0 Å². The quantitative estimate of drug-likeness (QED) is 0.522. The maximum absolute atomic E-state index is 13.3. The number of nitrogens with zero attached hydrogens (tertiary/aromatic N) is 3. The molecule has 2 heterocycles. The van der Waals surface area contributed by atoms with E-state index in [4.69, 9.17) is 0 Å². The molecule has 34 heavy (non-hydrogen) atoms. The highest BCUT2D eigenvalue weighted by Crippen LogP contribution is 2.32. The summed E-state index contributed by atoms with van der Waals surface area (Å²) in [7, 11) is -3.58. The van der Waals surface area contributed by atoms with Crippen molar-refractivity contribution in [2.75, 3.05) is 26.2 Å². The molecular weight excluding hydrogens is 460 g/mol. The molecule has 1 aromatic heterocycles. The Balaban J connectivity index is 1.26. The van der Waals surface area contributed by atoms with E-state index in [1.54, 1.807) is 28.7 Å². The van der Waals surface area contributed by atoms with Gasteiger partial charge in [0.15, 0.2) is 0 Å². The Morgan fingerprint density at radius 1 is 1.00 bits per heavy atom. The van der Waals surface area contributed by atoms with E-state index in [1.807, 2.05) is 24.3 Å². The van der Waals surface area contributed by atoms with Crippen LogP contribution in [0.15, 0.2) is 59.6 Å². The van der Waals surface area contributed by atoms with Crippen LogP contribution < -0.4 is 4.74 Å². The SMILES string of the molecule is O=S(=O)(C1=Cc2ccc(OC(F)F)cc2CC1)N1CCN(Cc2cccc3cccnc23)CC1. The minimum Gasteiger partial charge on any atom is -0.435 e. The number of fused-ring (bicyclic) bond motifs is 2. The molecule has 9 heteroatoms. The zero-order chi connectivity index (χ0) is 23.7. The van der Waals surface area contributed by atoms with Gasteiger partial charge < -0.3 is 4.74 Å². The van der Waals surface area contributed by atoms with Gasteiger partial charge in [-0.3, -0.25) is 9.88 Å². The molecule has 0 N–H and O–H groups in total. The predicted molar refractivity (Wildman–Crippen MR) is 127 cm³/mol. The third-order valence-electron chi connectivity index (χ3n) is 6.41. The molecule has 0 bridgehead atoms. The second kappa shape index (κ2) is 9.40. The van der Waals surface area contributed by atoms with E-state index in [0.29, 0.717) is 43.9 Å². The number of halogens is 2. The fourth-order valence-electron chi connectivity index (χ4n) is 4.65. The number of sulfonamides is 1. The van der Waals surface area contributed by atoms with E-state index in [9.17, 15) is 17.2 Å². The second-order valence-electron chi connectivity index (χ2n) is 8.52. The van der Waals surface area contributed by atoms with Crippen molar-refractivity contribution in [2.24, 2.45) is 0 Å². The van der Waals surface area contributed by atoms with Crippen LogP contribution in [0.5, 0.6) is 5.75 Å². The minimum absolute atomic E-state index is 0.0889. The molecule has 0 unspecified atom stereocenters. The normalized spacial score (nSPS) is 17.6. The van der Waals surface area contributed by atoms with Gasteiger partial charge in [-0.05, 0) is 53.8 Å². The van der Waals surface area contributed by atoms with Gasteiger partial charge in [-0.2, -0.15) is 13.1 Å². The molecule has 178 valence electrons. The number of pyridine rings is 1. The van der Waals surface area contributed by atoms with Crippen LogP contribution in [0.3, 0.4) is 0 Å². The smallest absolute Gasteiger partial charge is 0.387 e. The summed E-state index contributed by atoms with van der Waals surface area (Å²) in [6, 6.07) is 14.7. The number of hydrogen-bond donors (Lipinski definition) is 0. The predicted octanol–water partition coefficient (Wildman–Crippen LogP) is 4.27. The first kappa shape index (κ1) is 22.9. The summed E-state index contributed by atoms with van der Waals surface area (Å²) in [6.45, 7) is -0.0379. The molecule has 3 aromatic rings. The van der Waals surface area contributed by atoms with Gasteiger partial charge in [-0.25, -0.2) is 8.42 Å². The molecule has 0 radical (unpaired) electrons. The van der Waals surface area contributed by atoms with Crippen molar-refractivity contribution < 1.29 is 21.9 Å². The van der Waals surface area contributed by atoms with Gasteiger partial charge in [0.05, 0.1) is 10.4 Å². The van der Waals surface area contributed by atoms with Crippen LogP contribution in [0.25, 0.3) is 17.0 Å². The first-order chi connectivity index (χ1) is 16.4. The lowest BCUT2D eigenvalue weighted by atomic mass is 9.97. The first-order valence-corrected chi connectivity index (χ1v) is 12.7. The van der Waals surface area contributed by atoms with Crippen molar-refractivity contribution in [3.8, 4) is 5.75 Å². The molecule has 1 saturated heterocycles. The molecule has 1 aliphatic heterocycles. The van der Waals surface area contributed by atoms with Gasteiger partial charge in [0.1, 0.15) is 5.75 Å². The largest absolute Gasteiger partial charge is 0.435 e. The summed E-state index contributed by atoms with van der Waals surface area (Å²) in [4.78, 5) is 7.14. The Morgan fingerprint density at radius 3 is 2.59 bits per heavy atom. The molecule has 6 nitrogen and oxygen atoms in total. The summed E-state index contributed by atoms with van der Waals surface area (Å²) in [5.41, 5.74) is 3.66. The molecule has 0 spiro atoms. The number of alkyl halides is 2. The molecule has 1 fully saturated rings. The van der Waals surface area contributed by atoms with Crippen molar-refractivity contribution in [1.82, 2.24) is 14.2 Å². The number of aromatic nitrogens is 1. The molecule has 2 aliphatic rings. The number of aryl methyl sites for hydroxylation is 1. The van der Waals surface area contributed by atoms with Gasteiger partial charge >= 0.3 is 6.61 Å². The molecular formula is C25H25F2N3O3S. The first-order valence-electron chi connectivity index (χ1n) is 11.2. The molecule has 0 amide bonds. The van der Waals surface area contributed by atoms with E-state index in [1.165, 1.54) is 6.07 Å². The van der Waals surface area contributed by atoms with Gasteiger partial charge in [-0.15, -0.1) is 0 Å². The Morgan fingerprint density at radius 2 is 1.79 bits per heavy atom. The number of rotatable bonds is 6. The van der Waals surface area contributed by atoms with Crippen LogP contribution in [0.4, 0.5) is 8.78 Å². The van der Waals surface area contributed by atoms with Crippen LogP contribution in [-0.2, 0) is 23.0 Å². The van der Waals surface area contributed by atoms with E-state index < -0.39 is 16.6 Å². The second-order valence-corrected chi connectivity index (χ2v) is 10.5. The van der Waals surface area contributed by atoms with Crippen molar-refractivity contribution in [2.45, 2.75) is 26.0 Å². The van der Waals surface area contributed by atoms with Crippen molar-refractivity contribution in [3.63, 3.8) is 0 Å². The highest BCUT2D eigenvalue weighted by molar-refractivity contribution is 7.93. The number of hydrogen-bond acceptors (Lipinski definition) is 5. The van der Waals surface area contributed by atoms with Crippen LogP contribution in [0.1, 0.15) is 23.1 Å². The maximum Gasteiger partial charge on any atom is 0.387 e. The molecule has 2 aromatic carbocycles. The number of allylic oxidation sites excluding steroid dienone is 1. The minimum atomic E-state index is -3.58. The summed E-state index contributed by atoms with van der Waals surface area (Å²) in [5, 5.41) is 1.10. The summed E-state index contributed by atoms with van der Waals surface area (Å²) < 4.78 is 57.6. The topological polar surface area (TPSA) is 62.7 Å². The Labute approximate surface area is 197 Å². The van der Waals surface area contributed by atoms with Gasteiger partial charge in [-0.1, -0.05) is 30.3 Å². The van der Waals surface area contributed by atoms with Crippen molar-refractivity contribution in [3.05, 3.63) is 76.3 Å². The van der Waals surface area contributed by atoms with Crippen LogP contribution in [0.2, 0.25) is 0 Å². The monoisotopic (exact) mass is 485 g/mol. The highest BCUT2D eigenvalue weighted by atomic mass is 32.2. The Hall–Kier alpha value is -2.88. The zero-order valence-corrected chi connectivity index (χ0v) is 19.3. The standard InChI is InChI=1S/C25H25F2N3O3S/c26-25(27)33-22-8-6-20-16-23(9-7-19(20)15-22)34(31,32)30-13-11-29(12-14-30)17-21-4-1-3-18-5-2-10-28-24(18)21/h1-6,8,10,15-16,25H,7,9,11-14,17H2. The maximum atomic E-state index is 13.3. The van der Waals surface area contributed by atoms with E-state index >= 15 is 0 Å². The average molecular weight is 486 g/mol. The molecule has 0 saturated carbocycles. The fourth-order valence-corrected chi connectivity index (χ4v) is 6.26. The number of ether oxygens (including phenoxy) is 1. The lowest BCUT2D eigenvalue weighted by Gasteiger charge is -2.35. The lowest BCUT2D eigenvalue weighted by molar-refractivity contribution is -0.0498. The summed E-state index contributed by atoms with van der Waals surface area (Å²) in [5.74, 6) is 0.0889. The molecule has 1 aliphatic carbocycles. The van der Waals surface area contributed by atoms with E-state index in [0.717, 1.165) is 34.1 Å². The Bertz CT molecular complexity index is 1330. The third-order valence-corrected chi connectivity index (χ3v) is 8.44. The average Bonchev–Trinajstić information content (AvgIpc) is 2.84. The number of piperazine rings is 1. The highest BCUT2D eigenvalue weighted by Gasteiger charge is 2.31. The van der Waals surface area contributed by atoms with Gasteiger partial charge in [0.2, 0.25) is 10.0 Å². The molecule has 0 atom stereocenters. The van der Waals surface area contributed by atoms with Crippen LogP contribution in [0, 0.1) is 0 Å². The lowest BCUT2D eigenvalue weighted by Crippen LogP contribution is -2.48. The number of para-hydroxylation sites is 1. The van der Waals surface area contributed by atoms with Gasteiger partial charge in [0, 0.05) is 44.3 Å². The third kappa shape index (κ3) is 4.68. The van der Waals surface area contributed by atoms with E-state index in [-0.39, 0.29) is 5.75 Å². The molecule has 5 rings (SSSR count). The summed E-state index contributed by atoms with van der Waals surface area (Å²) in [6.07, 6.45) is 4.26. The fraction of sp³-hybridized carbons (Fsp3) is 0.320.